The number of nitrogens with two attached hydrogens (primary N) is 1. The highest BCUT2D eigenvalue weighted by molar-refractivity contribution is 5.96. The van der Waals surface area contributed by atoms with Gasteiger partial charge in [-0.2, -0.15) is 0 Å². The molecule has 0 atom stereocenters. The number of nitrogens with zero attached hydrogens (tertiary/aromatic N) is 3. The summed E-state index contributed by atoms with van der Waals surface area (Å²) in [5, 5.41) is 11.0. The summed E-state index contributed by atoms with van der Waals surface area (Å²) in [5.41, 5.74) is 12.6. The Morgan fingerprint density at radius 3 is 2.73 bits per heavy atom. The number of nitrogens with one attached hydrogen (secondary N) is 2. The number of aromatic nitrogens is 3. The second kappa shape index (κ2) is 9.15. The van der Waals surface area contributed by atoms with Crippen LogP contribution in [-0.2, 0) is 6.42 Å². The molecule has 0 bridgehead atoms. The first-order chi connectivity index (χ1) is 14.4. The minimum absolute atomic E-state index is 0.0879. The van der Waals surface area contributed by atoms with Crippen molar-refractivity contribution in [3.05, 3.63) is 35.7 Å². The minimum Gasteiger partial charge on any atom is -0.477 e. The molecule has 0 unspecified atom stereocenters. The quantitative estimate of drug-likeness (QED) is 0.352. The molecule has 3 aromatic heterocycles. The Morgan fingerprint density at radius 2 is 2.10 bits per heavy atom. The number of rotatable bonds is 9. The Labute approximate surface area is 178 Å². The molecule has 3 heterocycles. The number of ether oxygens (including phenoxy) is 1. The van der Waals surface area contributed by atoms with Gasteiger partial charge in [0.05, 0.1) is 41.1 Å². The molecule has 0 aliphatic carbocycles. The number of anilines is 1. The molecule has 3 aromatic rings. The molecule has 160 valence electrons. The molecular weight excluding hydrogens is 376 g/mol. The predicted molar refractivity (Wildman–Crippen MR) is 124 cm³/mol. The fourth-order valence-corrected chi connectivity index (χ4v) is 3.86. The third-order valence-electron chi connectivity index (χ3n) is 5.12. The predicted octanol–water partition coefficient (Wildman–Crippen LogP) is 4.69. The monoisotopic (exact) mass is 408 g/mol. The Bertz CT molecular complexity index is 1050. The minimum atomic E-state index is 0.0879. The zero-order chi connectivity index (χ0) is 21.8. The molecule has 0 saturated carbocycles. The summed E-state index contributed by atoms with van der Waals surface area (Å²) < 4.78 is 8.21. The number of aryl methyl sites for hydroxylation is 1. The normalized spacial score (nSPS) is 11.3. The maximum absolute atomic E-state index is 7.66. The molecule has 0 spiro atoms. The lowest BCUT2D eigenvalue weighted by molar-refractivity contribution is 0.306. The van der Waals surface area contributed by atoms with E-state index in [0.717, 1.165) is 40.8 Å². The molecule has 0 saturated heterocycles. The van der Waals surface area contributed by atoms with Crippen LogP contribution in [0.2, 0.25) is 0 Å². The molecule has 0 fully saturated rings. The first-order valence-corrected chi connectivity index (χ1v) is 10.6. The maximum atomic E-state index is 7.66. The van der Waals surface area contributed by atoms with Gasteiger partial charge in [0.2, 0.25) is 5.88 Å². The van der Waals surface area contributed by atoms with Crippen LogP contribution < -0.4 is 15.8 Å². The van der Waals surface area contributed by atoms with E-state index in [2.05, 4.69) is 49.5 Å². The molecule has 7 heteroatoms. The molecule has 0 aromatic carbocycles. The van der Waals surface area contributed by atoms with Gasteiger partial charge in [0.1, 0.15) is 5.84 Å². The van der Waals surface area contributed by atoms with E-state index >= 15 is 0 Å². The van der Waals surface area contributed by atoms with Gasteiger partial charge in [-0.1, -0.05) is 13.8 Å². The molecule has 0 aliphatic heterocycles. The second-order valence-corrected chi connectivity index (χ2v) is 7.72. The van der Waals surface area contributed by atoms with Crippen LogP contribution >= 0.6 is 0 Å². The lowest BCUT2D eigenvalue weighted by Gasteiger charge is -2.18. The van der Waals surface area contributed by atoms with Crippen LogP contribution in [0.3, 0.4) is 0 Å². The number of fused-ring (bicyclic) bond motifs is 1. The van der Waals surface area contributed by atoms with Crippen molar-refractivity contribution in [2.45, 2.75) is 53.5 Å². The average molecular weight is 409 g/mol. The zero-order valence-electron chi connectivity index (χ0n) is 18.5. The summed E-state index contributed by atoms with van der Waals surface area (Å²) in [5.74, 6) is 0.672. The van der Waals surface area contributed by atoms with E-state index in [-0.39, 0.29) is 18.4 Å². The SMILES string of the molecule is CCCOc1ncccc1-c1cc(NCC(=N)N)c2c(n1)c(C)c(CC)n2C(C)C. The largest absolute Gasteiger partial charge is 0.477 e. The van der Waals surface area contributed by atoms with E-state index in [0.29, 0.717) is 12.5 Å². The summed E-state index contributed by atoms with van der Waals surface area (Å²) in [6.45, 7) is 11.6. The number of amidine groups is 1. The lowest BCUT2D eigenvalue weighted by Crippen LogP contribution is -2.21. The van der Waals surface area contributed by atoms with E-state index in [1.165, 1.54) is 11.3 Å². The van der Waals surface area contributed by atoms with E-state index < -0.39 is 0 Å². The van der Waals surface area contributed by atoms with Crippen molar-refractivity contribution in [1.82, 2.24) is 14.5 Å². The molecule has 7 nitrogen and oxygen atoms in total. The summed E-state index contributed by atoms with van der Waals surface area (Å²) in [6.07, 6.45) is 3.56. The highest BCUT2D eigenvalue weighted by Gasteiger charge is 2.21. The topological polar surface area (TPSA) is 102 Å². The van der Waals surface area contributed by atoms with Crippen molar-refractivity contribution >= 4 is 22.6 Å². The summed E-state index contributed by atoms with van der Waals surface area (Å²) in [4.78, 5) is 9.47. The van der Waals surface area contributed by atoms with Crippen molar-refractivity contribution in [3.8, 4) is 17.1 Å². The van der Waals surface area contributed by atoms with Gasteiger partial charge in [0, 0.05) is 17.9 Å². The van der Waals surface area contributed by atoms with Crippen molar-refractivity contribution < 1.29 is 4.74 Å². The molecule has 3 rings (SSSR count). The Kier molecular flexibility index (Phi) is 6.59. The first kappa shape index (κ1) is 21.6. The van der Waals surface area contributed by atoms with E-state index in [4.69, 9.17) is 20.9 Å². The van der Waals surface area contributed by atoms with Gasteiger partial charge >= 0.3 is 0 Å². The maximum Gasteiger partial charge on any atom is 0.222 e. The third-order valence-corrected chi connectivity index (χ3v) is 5.12. The van der Waals surface area contributed by atoms with Gasteiger partial charge in [0.25, 0.3) is 0 Å². The molecule has 0 radical (unpaired) electrons. The molecule has 0 amide bonds. The van der Waals surface area contributed by atoms with Gasteiger partial charge in [-0.3, -0.25) is 5.41 Å². The molecular formula is C23H32N6O. The van der Waals surface area contributed by atoms with E-state index in [1.54, 1.807) is 6.20 Å². The van der Waals surface area contributed by atoms with Crippen molar-refractivity contribution in [2.75, 3.05) is 18.5 Å². The van der Waals surface area contributed by atoms with Gasteiger partial charge in [-0.05, 0) is 57.4 Å². The van der Waals surface area contributed by atoms with Crippen LogP contribution in [0.4, 0.5) is 5.69 Å². The van der Waals surface area contributed by atoms with E-state index in [9.17, 15) is 0 Å². The molecule has 0 aliphatic rings. The van der Waals surface area contributed by atoms with Crippen molar-refractivity contribution in [1.29, 1.82) is 5.41 Å². The first-order valence-electron chi connectivity index (χ1n) is 10.6. The number of hydrogen-bond donors (Lipinski definition) is 3. The van der Waals surface area contributed by atoms with Crippen LogP contribution in [0.5, 0.6) is 5.88 Å². The van der Waals surface area contributed by atoms with Gasteiger partial charge in [-0.15, -0.1) is 0 Å². The zero-order valence-corrected chi connectivity index (χ0v) is 18.5. The Balaban J connectivity index is 2.28. The highest BCUT2D eigenvalue weighted by Crippen LogP contribution is 2.37. The Morgan fingerprint density at radius 1 is 1.33 bits per heavy atom. The number of pyridine rings is 2. The van der Waals surface area contributed by atoms with Gasteiger partial charge < -0.3 is 20.4 Å². The summed E-state index contributed by atoms with van der Waals surface area (Å²) in [6, 6.07) is 6.17. The summed E-state index contributed by atoms with van der Waals surface area (Å²) >= 11 is 0. The van der Waals surface area contributed by atoms with Crippen molar-refractivity contribution in [3.63, 3.8) is 0 Å². The fraction of sp³-hybridized carbons (Fsp3) is 0.435. The van der Waals surface area contributed by atoms with Crippen molar-refractivity contribution in [2.24, 2.45) is 5.73 Å². The smallest absolute Gasteiger partial charge is 0.222 e. The Hall–Kier alpha value is -3.09. The van der Waals surface area contributed by atoms with Crippen LogP contribution in [0.1, 0.15) is 51.4 Å². The fourth-order valence-electron chi connectivity index (χ4n) is 3.86. The lowest BCUT2D eigenvalue weighted by atomic mass is 10.1. The van der Waals surface area contributed by atoms with Crippen LogP contribution in [0.15, 0.2) is 24.4 Å². The highest BCUT2D eigenvalue weighted by atomic mass is 16.5. The van der Waals surface area contributed by atoms with Crippen LogP contribution in [0.25, 0.3) is 22.3 Å². The average Bonchev–Trinajstić information content (AvgIpc) is 3.02. The van der Waals surface area contributed by atoms with Gasteiger partial charge in [-0.25, -0.2) is 9.97 Å². The summed E-state index contributed by atoms with van der Waals surface area (Å²) in [7, 11) is 0. The van der Waals surface area contributed by atoms with Gasteiger partial charge in [0.15, 0.2) is 0 Å². The second-order valence-electron chi connectivity index (χ2n) is 7.72. The molecule has 30 heavy (non-hydrogen) atoms. The standard InChI is InChI=1S/C23H32N6O/c1-6-11-30-23-16(9-8-10-26-23)17-12-18(27-13-20(24)25)22-21(28-17)15(5)19(7-2)29(22)14(3)4/h8-10,12,14H,6-7,11,13H2,1-5H3,(H3,24,25)(H,27,28). The number of hydrogen-bond acceptors (Lipinski definition) is 5. The van der Waals surface area contributed by atoms with Crippen LogP contribution in [0, 0.1) is 12.3 Å². The van der Waals surface area contributed by atoms with E-state index in [1.807, 2.05) is 18.2 Å². The third kappa shape index (κ3) is 4.10. The molecule has 4 N–H and O–H groups in total. The van der Waals surface area contributed by atoms with Crippen LogP contribution in [-0.4, -0.2) is 33.5 Å².